The number of hydrogen-bond donors (Lipinski definition) is 0. The minimum absolute atomic E-state index is 0.0585. The first-order chi connectivity index (χ1) is 9.47. The van der Waals surface area contributed by atoms with Crippen LogP contribution < -0.4 is 0 Å². The molecule has 3 atom stereocenters. The fraction of sp³-hybridized carbons (Fsp3) is 0.588. The normalized spacial score (nSPS) is 15.4. The maximum absolute atomic E-state index is 12.7. The Labute approximate surface area is 128 Å². The van der Waals surface area contributed by atoms with Gasteiger partial charge in [-0.25, -0.2) is 0 Å². The molecule has 0 heterocycles. The molecule has 0 aliphatic heterocycles. The molecular weight excluding hydrogens is 270 g/mol. The Morgan fingerprint density at radius 3 is 2.35 bits per heavy atom. The van der Waals surface area contributed by atoms with Gasteiger partial charge in [0, 0.05) is 19.0 Å². The fourth-order valence-electron chi connectivity index (χ4n) is 2.33. The van der Waals surface area contributed by atoms with Crippen LogP contribution in [-0.4, -0.2) is 29.8 Å². The van der Waals surface area contributed by atoms with Crippen LogP contribution >= 0.6 is 11.6 Å². The number of rotatable bonds is 7. The van der Waals surface area contributed by atoms with Gasteiger partial charge in [-0.1, -0.05) is 50.6 Å². The highest BCUT2D eigenvalue weighted by Gasteiger charge is 2.28. The van der Waals surface area contributed by atoms with E-state index in [-0.39, 0.29) is 17.2 Å². The zero-order valence-corrected chi connectivity index (χ0v) is 13.7. The van der Waals surface area contributed by atoms with Crippen LogP contribution in [0.1, 0.15) is 45.1 Å². The van der Waals surface area contributed by atoms with Gasteiger partial charge < -0.3 is 4.90 Å². The lowest BCUT2D eigenvalue weighted by Gasteiger charge is -2.28. The molecule has 1 aromatic rings. The van der Waals surface area contributed by atoms with Gasteiger partial charge in [0.25, 0.3) is 0 Å². The molecule has 0 fully saturated rings. The Hall–Kier alpha value is -1.02. The zero-order valence-electron chi connectivity index (χ0n) is 13.0. The molecule has 0 aromatic heterocycles. The van der Waals surface area contributed by atoms with Crippen LogP contribution in [-0.2, 0) is 4.79 Å². The number of halogens is 1. The van der Waals surface area contributed by atoms with Crippen molar-refractivity contribution >= 4 is 17.5 Å². The Balaban J connectivity index is 2.86. The standard InChI is InChI=1S/C17H26ClNO/c1-5-13(2)16(15-9-7-6-8-10-15)17(20)19(4)12-11-14(3)18/h6-10,13-14,16H,5,11-12H2,1-4H3. The van der Waals surface area contributed by atoms with E-state index >= 15 is 0 Å². The Kier molecular flexibility index (Phi) is 7.08. The van der Waals surface area contributed by atoms with Crippen LogP contribution in [0, 0.1) is 5.92 Å². The topological polar surface area (TPSA) is 20.3 Å². The summed E-state index contributed by atoms with van der Waals surface area (Å²) in [6, 6.07) is 10.1. The highest BCUT2D eigenvalue weighted by molar-refractivity contribution is 6.20. The molecule has 0 spiro atoms. The summed E-state index contributed by atoms with van der Waals surface area (Å²) < 4.78 is 0. The first-order valence-electron chi connectivity index (χ1n) is 7.41. The molecule has 0 bridgehead atoms. The van der Waals surface area contributed by atoms with E-state index in [0.29, 0.717) is 12.5 Å². The number of likely N-dealkylation sites (N-methyl/N-ethyl adjacent to an activating group) is 1. The van der Waals surface area contributed by atoms with Gasteiger partial charge in [0.15, 0.2) is 0 Å². The van der Waals surface area contributed by atoms with Crippen LogP contribution in [0.15, 0.2) is 30.3 Å². The third kappa shape index (κ3) is 4.82. The van der Waals surface area contributed by atoms with Crippen LogP contribution in [0.25, 0.3) is 0 Å². The second kappa shape index (κ2) is 8.31. The quantitative estimate of drug-likeness (QED) is 0.687. The summed E-state index contributed by atoms with van der Waals surface area (Å²) in [6.07, 6.45) is 1.82. The van der Waals surface area contributed by atoms with Crippen molar-refractivity contribution in [2.24, 2.45) is 5.92 Å². The zero-order chi connectivity index (χ0) is 15.1. The van der Waals surface area contributed by atoms with Gasteiger partial charge in [0.2, 0.25) is 5.91 Å². The lowest BCUT2D eigenvalue weighted by molar-refractivity contribution is -0.132. The van der Waals surface area contributed by atoms with E-state index in [2.05, 4.69) is 13.8 Å². The van der Waals surface area contributed by atoms with E-state index in [9.17, 15) is 4.79 Å². The largest absolute Gasteiger partial charge is 0.345 e. The summed E-state index contributed by atoms with van der Waals surface area (Å²) in [5.41, 5.74) is 1.11. The van der Waals surface area contributed by atoms with Crippen molar-refractivity contribution in [1.82, 2.24) is 4.90 Å². The van der Waals surface area contributed by atoms with Gasteiger partial charge in [0.1, 0.15) is 0 Å². The highest BCUT2D eigenvalue weighted by atomic mass is 35.5. The molecule has 0 aliphatic carbocycles. The van der Waals surface area contributed by atoms with Gasteiger partial charge in [-0.2, -0.15) is 0 Å². The van der Waals surface area contributed by atoms with Crippen molar-refractivity contribution in [2.45, 2.75) is 44.9 Å². The third-order valence-electron chi connectivity index (χ3n) is 3.88. The number of carbonyl (C=O) groups is 1. The van der Waals surface area contributed by atoms with E-state index in [1.54, 1.807) is 0 Å². The first kappa shape index (κ1) is 17.0. The summed E-state index contributed by atoms with van der Waals surface area (Å²) in [5.74, 6) is 0.473. The van der Waals surface area contributed by atoms with Crippen molar-refractivity contribution in [3.8, 4) is 0 Å². The SMILES string of the molecule is CCC(C)C(C(=O)N(C)CCC(C)Cl)c1ccccc1. The second-order valence-corrected chi connectivity index (χ2v) is 6.35. The van der Waals surface area contributed by atoms with Crippen molar-refractivity contribution in [3.05, 3.63) is 35.9 Å². The van der Waals surface area contributed by atoms with E-state index in [4.69, 9.17) is 11.6 Å². The predicted molar refractivity (Wildman–Crippen MR) is 86.2 cm³/mol. The summed E-state index contributed by atoms with van der Waals surface area (Å²) in [5, 5.41) is 0.101. The van der Waals surface area contributed by atoms with E-state index < -0.39 is 0 Å². The van der Waals surface area contributed by atoms with Gasteiger partial charge in [-0.15, -0.1) is 11.6 Å². The molecule has 0 aliphatic rings. The van der Waals surface area contributed by atoms with E-state index in [1.807, 2.05) is 49.2 Å². The summed E-state index contributed by atoms with van der Waals surface area (Å²) >= 11 is 5.97. The number of hydrogen-bond acceptors (Lipinski definition) is 1. The predicted octanol–water partition coefficient (Wildman–Crippen LogP) is 4.29. The number of carbonyl (C=O) groups excluding carboxylic acids is 1. The minimum Gasteiger partial charge on any atom is -0.345 e. The van der Waals surface area contributed by atoms with Crippen molar-refractivity contribution in [2.75, 3.05) is 13.6 Å². The molecule has 0 saturated heterocycles. The summed E-state index contributed by atoms with van der Waals surface area (Å²) in [7, 11) is 1.87. The number of nitrogens with zero attached hydrogens (tertiary/aromatic N) is 1. The van der Waals surface area contributed by atoms with Gasteiger partial charge in [-0.3, -0.25) is 4.79 Å². The van der Waals surface area contributed by atoms with Crippen LogP contribution in [0.5, 0.6) is 0 Å². The van der Waals surface area contributed by atoms with Crippen molar-refractivity contribution < 1.29 is 4.79 Å². The van der Waals surface area contributed by atoms with Crippen LogP contribution in [0.4, 0.5) is 0 Å². The average molecular weight is 296 g/mol. The Morgan fingerprint density at radius 1 is 1.25 bits per heavy atom. The molecule has 112 valence electrons. The minimum atomic E-state index is -0.0585. The summed E-state index contributed by atoms with van der Waals surface area (Å²) in [6.45, 7) is 6.95. The fourth-order valence-corrected chi connectivity index (χ4v) is 2.43. The molecule has 1 aromatic carbocycles. The lowest BCUT2D eigenvalue weighted by Crippen LogP contribution is -2.35. The maximum Gasteiger partial charge on any atom is 0.230 e. The number of alkyl halides is 1. The van der Waals surface area contributed by atoms with E-state index in [0.717, 1.165) is 18.4 Å². The monoisotopic (exact) mass is 295 g/mol. The average Bonchev–Trinajstić information content (AvgIpc) is 2.45. The highest BCUT2D eigenvalue weighted by Crippen LogP contribution is 2.28. The van der Waals surface area contributed by atoms with Crippen LogP contribution in [0.3, 0.4) is 0 Å². The summed E-state index contributed by atoms with van der Waals surface area (Å²) in [4.78, 5) is 14.6. The van der Waals surface area contributed by atoms with Crippen molar-refractivity contribution in [1.29, 1.82) is 0 Å². The van der Waals surface area contributed by atoms with E-state index in [1.165, 1.54) is 0 Å². The van der Waals surface area contributed by atoms with Gasteiger partial charge in [-0.05, 0) is 24.8 Å². The smallest absolute Gasteiger partial charge is 0.230 e. The van der Waals surface area contributed by atoms with Crippen LogP contribution in [0.2, 0.25) is 0 Å². The molecule has 3 heteroatoms. The number of amides is 1. The molecule has 0 saturated carbocycles. The molecule has 0 radical (unpaired) electrons. The van der Waals surface area contributed by atoms with Crippen molar-refractivity contribution in [3.63, 3.8) is 0 Å². The molecule has 3 unspecified atom stereocenters. The molecule has 1 amide bonds. The second-order valence-electron chi connectivity index (χ2n) is 5.60. The molecule has 2 nitrogen and oxygen atoms in total. The molecule has 1 rings (SSSR count). The first-order valence-corrected chi connectivity index (χ1v) is 7.85. The Bertz CT molecular complexity index is 405. The molecule has 0 N–H and O–H groups in total. The lowest BCUT2D eigenvalue weighted by atomic mass is 9.84. The Morgan fingerprint density at radius 2 is 1.85 bits per heavy atom. The maximum atomic E-state index is 12.7. The van der Waals surface area contributed by atoms with Gasteiger partial charge >= 0.3 is 0 Å². The third-order valence-corrected chi connectivity index (χ3v) is 4.09. The van der Waals surface area contributed by atoms with Gasteiger partial charge in [0.05, 0.1) is 5.92 Å². The number of benzene rings is 1. The molecular formula is C17H26ClNO. The molecule has 20 heavy (non-hydrogen) atoms.